The molecular formula is C30H32N4O. The summed E-state index contributed by atoms with van der Waals surface area (Å²) in [5, 5.41) is 0. The van der Waals surface area contributed by atoms with Crippen LogP contribution >= 0.6 is 0 Å². The summed E-state index contributed by atoms with van der Waals surface area (Å²) in [6, 6.07) is 20.1. The third-order valence-electron chi connectivity index (χ3n) is 7.94. The van der Waals surface area contributed by atoms with Crippen LogP contribution in [0.5, 0.6) is 0 Å². The van der Waals surface area contributed by atoms with Gasteiger partial charge in [0.1, 0.15) is 0 Å². The molecule has 1 amide bonds. The zero-order chi connectivity index (χ0) is 24.1. The fourth-order valence-electron chi connectivity index (χ4n) is 6.01. The first-order valence-corrected chi connectivity index (χ1v) is 12.7. The van der Waals surface area contributed by atoms with Gasteiger partial charge in [-0.15, -0.1) is 0 Å². The van der Waals surface area contributed by atoms with Crippen molar-refractivity contribution >= 4 is 11.6 Å². The normalized spacial score (nSPS) is 21.9. The highest BCUT2D eigenvalue weighted by molar-refractivity contribution is 6.15. The standard InChI is InChI=1S/C30H32N4O/c1-19(2)33-17-27(21-7-5-4-6-8-21)28(18-33)34-16-25-13-26-24(12-23(25)14-29(34)35)15-32-30(26)22-9-10-31-20(3)11-22/h4-13,19,27-28H,14-18H2,1-3H3/t27-,28+/m0/s1. The number of amides is 1. The molecule has 1 fully saturated rings. The molecule has 0 N–H and O–H groups in total. The molecule has 2 aromatic carbocycles. The van der Waals surface area contributed by atoms with E-state index in [0.29, 0.717) is 31.5 Å². The molecule has 6 rings (SSSR count). The molecule has 3 aromatic rings. The Hall–Kier alpha value is -3.31. The van der Waals surface area contributed by atoms with E-state index in [1.165, 1.54) is 27.8 Å². The molecule has 0 unspecified atom stereocenters. The van der Waals surface area contributed by atoms with Crippen LogP contribution in [0.1, 0.15) is 58.8 Å². The lowest BCUT2D eigenvalue weighted by atomic mass is 9.88. The number of carbonyl (C=O) groups excluding carboxylic acids is 1. The molecule has 0 aliphatic carbocycles. The van der Waals surface area contributed by atoms with Gasteiger partial charge in [-0.2, -0.15) is 0 Å². The van der Waals surface area contributed by atoms with Crippen LogP contribution < -0.4 is 0 Å². The van der Waals surface area contributed by atoms with Crippen LogP contribution in [-0.4, -0.2) is 51.6 Å². The monoisotopic (exact) mass is 464 g/mol. The summed E-state index contributed by atoms with van der Waals surface area (Å²) in [6.45, 7) is 9.79. The van der Waals surface area contributed by atoms with Gasteiger partial charge in [-0.1, -0.05) is 36.4 Å². The van der Waals surface area contributed by atoms with Crippen LogP contribution in [0.4, 0.5) is 0 Å². The van der Waals surface area contributed by atoms with Crippen LogP contribution in [0.3, 0.4) is 0 Å². The second-order valence-corrected chi connectivity index (χ2v) is 10.5. The third-order valence-corrected chi connectivity index (χ3v) is 7.94. The SMILES string of the molecule is Cc1cc(C2=NCc3cc4c(cc32)CN([C@@H]2CN(C(C)C)C[C@H]2c2ccccc2)C(=O)C4)ccn1. The average Bonchev–Trinajstić information content (AvgIpc) is 3.47. The molecule has 3 aliphatic rings. The van der Waals surface area contributed by atoms with E-state index < -0.39 is 0 Å². The lowest BCUT2D eigenvalue weighted by molar-refractivity contribution is -0.134. The fourth-order valence-corrected chi connectivity index (χ4v) is 6.01. The summed E-state index contributed by atoms with van der Waals surface area (Å²) < 4.78 is 0. The minimum Gasteiger partial charge on any atom is -0.333 e. The molecule has 5 nitrogen and oxygen atoms in total. The number of aliphatic imine (C=N–C) groups is 1. The van der Waals surface area contributed by atoms with Gasteiger partial charge in [0.25, 0.3) is 0 Å². The van der Waals surface area contributed by atoms with Crippen LogP contribution in [0.2, 0.25) is 0 Å². The maximum Gasteiger partial charge on any atom is 0.227 e. The zero-order valence-electron chi connectivity index (χ0n) is 20.7. The van der Waals surface area contributed by atoms with Gasteiger partial charge < -0.3 is 4.90 Å². The van der Waals surface area contributed by atoms with Gasteiger partial charge in [0, 0.05) is 54.6 Å². The molecule has 0 spiro atoms. The maximum absolute atomic E-state index is 13.5. The Morgan fingerprint density at radius 1 is 0.971 bits per heavy atom. The minimum atomic E-state index is 0.185. The fraction of sp³-hybridized carbons (Fsp3) is 0.367. The van der Waals surface area contributed by atoms with Crippen molar-refractivity contribution in [2.45, 2.75) is 58.3 Å². The number of benzene rings is 2. The van der Waals surface area contributed by atoms with E-state index in [2.05, 4.69) is 77.2 Å². The quantitative estimate of drug-likeness (QED) is 0.571. The summed E-state index contributed by atoms with van der Waals surface area (Å²) in [7, 11) is 0. The van der Waals surface area contributed by atoms with E-state index in [1.54, 1.807) is 0 Å². The van der Waals surface area contributed by atoms with Crippen molar-refractivity contribution in [3.8, 4) is 0 Å². The van der Waals surface area contributed by atoms with Crippen LogP contribution in [-0.2, 0) is 24.3 Å². The van der Waals surface area contributed by atoms with Crippen molar-refractivity contribution in [3.05, 3.63) is 99.9 Å². The van der Waals surface area contributed by atoms with Gasteiger partial charge in [-0.25, -0.2) is 0 Å². The molecule has 3 aliphatic heterocycles. The number of nitrogens with zero attached hydrogens (tertiary/aromatic N) is 4. The molecule has 1 saturated heterocycles. The predicted molar refractivity (Wildman–Crippen MR) is 139 cm³/mol. The van der Waals surface area contributed by atoms with E-state index in [9.17, 15) is 4.79 Å². The Bertz CT molecular complexity index is 1310. The second kappa shape index (κ2) is 8.72. The van der Waals surface area contributed by atoms with E-state index >= 15 is 0 Å². The number of likely N-dealkylation sites (tertiary alicyclic amines) is 1. The molecule has 2 atom stereocenters. The number of rotatable bonds is 4. The first kappa shape index (κ1) is 22.2. The van der Waals surface area contributed by atoms with Crippen molar-refractivity contribution in [2.24, 2.45) is 4.99 Å². The first-order valence-electron chi connectivity index (χ1n) is 12.7. The predicted octanol–water partition coefficient (Wildman–Crippen LogP) is 4.50. The Morgan fingerprint density at radius 3 is 2.57 bits per heavy atom. The van der Waals surface area contributed by atoms with E-state index in [1.807, 2.05) is 19.2 Å². The minimum absolute atomic E-state index is 0.185. The smallest absolute Gasteiger partial charge is 0.227 e. The molecule has 35 heavy (non-hydrogen) atoms. The highest BCUT2D eigenvalue weighted by atomic mass is 16.2. The third kappa shape index (κ3) is 3.98. The topological polar surface area (TPSA) is 48.8 Å². The summed E-state index contributed by atoms with van der Waals surface area (Å²) in [6.07, 6.45) is 2.33. The van der Waals surface area contributed by atoms with Gasteiger partial charge in [0.15, 0.2) is 0 Å². The number of aromatic nitrogens is 1. The van der Waals surface area contributed by atoms with Crippen LogP contribution in [0, 0.1) is 6.92 Å². The first-order chi connectivity index (χ1) is 17.0. The van der Waals surface area contributed by atoms with Crippen molar-refractivity contribution in [2.75, 3.05) is 13.1 Å². The van der Waals surface area contributed by atoms with Crippen molar-refractivity contribution in [3.63, 3.8) is 0 Å². The number of fused-ring (bicyclic) bond motifs is 2. The molecule has 1 aromatic heterocycles. The average molecular weight is 465 g/mol. The molecule has 0 saturated carbocycles. The number of aryl methyl sites for hydroxylation is 1. The molecule has 5 heteroatoms. The molecular weight excluding hydrogens is 432 g/mol. The number of hydrogen-bond donors (Lipinski definition) is 0. The van der Waals surface area contributed by atoms with Crippen molar-refractivity contribution in [1.29, 1.82) is 0 Å². The largest absolute Gasteiger partial charge is 0.333 e. The highest BCUT2D eigenvalue weighted by Crippen LogP contribution is 2.36. The lowest BCUT2D eigenvalue weighted by Gasteiger charge is -2.37. The molecule has 4 heterocycles. The maximum atomic E-state index is 13.5. The van der Waals surface area contributed by atoms with Gasteiger partial charge in [-0.05, 0) is 61.2 Å². The number of carbonyl (C=O) groups is 1. The summed E-state index contributed by atoms with van der Waals surface area (Å²) >= 11 is 0. The Morgan fingerprint density at radius 2 is 1.80 bits per heavy atom. The zero-order valence-corrected chi connectivity index (χ0v) is 20.7. The Labute approximate surface area is 207 Å². The van der Waals surface area contributed by atoms with Crippen molar-refractivity contribution in [1.82, 2.24) is 14.8 Å². The summed E-state index contributed by atoms with van der Waals surface area (Å²) in [5.74, 6) is 0.577. The van der Waals surface area contributed by atoms with E-state index in [0.717, 1.165) is 30.1 Å². The van der Waals surface area contributed by atoms with Crippen LogP contribution in [0.25, 0.3) is 0 Å². The second-order valence-electron chi connectivity index (χ2n) is 10.5. The van der Waals surface area contributed by atoms with Gasteiger partial charge >= 0.3 is 0 Å². The van der Waals surface area contributed by atoms with E-state index in [-0.39, 0.29) is 11.9 Å². The molecule has 178 valence electrons. The van der Waals surface area contributed by atoms with Crippen LogP contribution in [0.15, 0.2) is 65.8 Å². The van der Waals surface area contributed by atoms with Gasteiger partial charge in [0.05, 0.1) is 24.7 Å². The van der Waals surface area contributed by atoms with Gasteiger partial charge in [0.2, 0.25) is 5.91 Å². The van der Waals surface area contributed by atoms with Gasteiger partial charge in [-0.3, -0.25) is 19.7 Å². The number of hydrogen-bond acceptors (Lipinski definition) is 4. The van der Waals surface area contributed by atoms with Crippen molar-refractivity contribution < 1.29 is 4.79 Å². The Kier molecular flexibility index (Phi) is 5.53. The summed E-state index contributed by atoms with van der Waals surface area (Å²) in [4.78, 5) is 27.4. The summed E-state index contributed by atoms with van der Waals surface area (Å²) in [5.41, 5.74) is 9.35. The molecule has 0 radical (unpaired) electrons. The Balaban J connectivity index is 1.33. The number of pyridine rings is 1. The lowest BCUT2D eigenvalue weighted by Crippen LogP contribution is -2.47. The highest BCUT2D eigenvalue weighted by Gasteiger charge is 2.41. The molecule has 0 bridgehead atoms. The van der Waals surface area contributed by atoms with E-state index in [4.69, 9.17) is 4.99 Å².